The molecule has 0 bridgehead atoms. The Morgan fingerprint density at radius 1 is 1.15 bits per heavy atom. The number of hydrogen-bond donors (Lipinski definition) is 1. The monoisotopic (exact) mass is 502 g/mol. The van der Waals surface area contributed by atoms with Crippen molar-refractivity contribution in [3.63, 3.8) is 0 Å². The normalized spacial score (nSPS) is 15.1. The summed E-state index contributed by atoms with van der Waals surface area (Å²) in [5.74, 6) is -0.950. The van der Waals surface area contributed by atoms with E-state index in [1.807, 2.05) is 10.8 Å². The molecular weight excluding hydrogens is 477 g/mol. The maximum Gasteiger partial charge on any atom is 0.573 e. The number of alkyl halides is 3. The highest BCUT2D eigenvalue weighted by molar-refractivity contribution is 7.92. The van der Waals surface area contributed by atoms with E-state index in [1.165, 1.54) is 17.9 Å². The third-order valence-electron chi connectivity index (χ3n) is 5.20. The number of nitrogens with one attached hydrogen (secondary N) is 1. The number of amides is 1. The van der Waals surface area contributed by atoms with Crippen LogP contribution in [0.25, 0.3) is 0 Å². The van der Waals surface area contributed by atoms with Crippen molar-refractivity contribution < 1.29 is 35.9 Å². The molecule has 0 radical (unpaired) electrons. The summed E-state index contributed by atoms with van der Waals surface area (Å²) >= 11 is 0. The largest absolute Gasteiger partial charge is 0.573 e. The molecule has 2 aromatic rings. The summed E-state index contributed by atoms with van der Waals surface area (Å²) < 4.78 is 73.6. The molecule has 0 atom stereocenters. The number of anilines is 1. The van der Waals surface area contributed by atoms with Crippen molar-refractivity contribution >= 4 is 21.6 Å². The number of hydrogen-bond acceptors (Lipinski definition) is 7. The average Bonchev–Trinajstić information content (AvgIpc) is 2.79. The van der Waals surface area contributed by atoms with Gasteiger partial charge in [-0.15, -0.1) is 13.2 Å². The number of aromatic nitrogens is 1. The third-order valence-corrected chi connectivity index (χ3v) is 6.49. The lowest BCUT2D eigenvalue weighted by molar-refractivity contribution is -0.274. The van der Waals surface area contributed by atoms with Crippen LogP contribution < -0.4 is 14.2 Å². The number of piperazine rings is 1. The fraction of sp³-hybridized carbons (Fsp3) is 0.429. The number of sulfonamides is 1. The van der Waals surface area contributed by atoms with Gasteiger partial charge < -0.3 is 14.4 Å². The van der Waals surface area contributed by atoms with Crippen LogP contribution in [-0.2, 0) is 16.6 Å². The van der Waals surface area contributed by atoms with Gasteiger partial charge in [-0.05, 0) is 37.3 Å². The van der Waals surface area contributed by atoms with Crippen LogP contribution in [0.4, 0.5) is 18.9 Å². The van der Waals surface area contributed by atoms with Crippen molar-refractivity contribution in [1.82, 2.24) is 14.8 Å². The van der Waals surface area contributed by atoms with Gasteiger partial charge in [-0.3, -0.25) is 19.4 Å². The molecule has 2 heterocycles. The van der Waals surface area contributed by atoms with E-state index in [4.69, 9.17) is 4.74 Å². The highest BCUT2D eigenvalue weighted by Gasteiger charge is 2.33. The van der Waals surface area contributed by atoms with E-state index in [1.54, 1.807) is 19.4 Å². The van der Waals surface area contributed by atoms with Crippen molar-refractivity contribution in [2.75, 3.05) is 43.8 Å². The summed E-state index contributed by atoms with van der Waals surface area (Å²) in [6.07, 6.45) is -3.39. The van der Waals surface area contributed by atoms with Crippen LogP contribution in [-0.4, -0.2) is 74.5 Å². The molecule has 1 aliphatic heterocycles. The molecule has 34 heavy (non-hydrogen) atoms. The second-order valence-corrected chi connectivity index (χ2v) is 9.50. The quantitative estimate of drug-likeness (QED) is 0.592. The minimum Gasteiger partial charge on any atom is -0.495 e. The number of ether oxygens (including phenoxy) is 2. The van der Waals surface area contributed by atoms with Crippen LogP contribution >= 0.6 is 0 Å². The first-order valence-corrected chi connectivity index (χ1v) is 12.1. The van der Waals surface area contributed by atoms with Crippen LogP contribution in [0.3, 0.4) is 0 Å². The molecule has 1 amide bonds. The summed E-state index contributed by atoms with van der Waals surface area (Å²) in [7, 11) is -2.29. The van der Waals surface area contributed by atoms with Gasteiger partial charge in [0.2, 0.25) is 10.0 Å². The second-order valence-electron chi connectivity index (χ2n) is 7.48. The standard InChI is InChI=1S/C21H25F3N4O5S/c1-3-34(30,31)26-16-7-6-15(13-19(16)33-21(22,23)24)20(29)28-11-9-27(10-12-28)14-17-18(32-2)5-4-8-25-17/h4-8,13,26H,3,9-12,14H2,1-2H3. The van der Waals surface area contributed by atoms with Crippen LogP contribution in [0.2, 0.25) is 0 Å². The smallest absolute Gasteiger partial charge is 0.495 e. The maximum absolute atomic E-state index is 12.9. The van der Waals surface area contributed by atoms with E-state index < -0.39 is 33.7 Å². The number of nitrogens with zero attached hydrogens (tertiary/aromatic N) is 3. The van der Waals surface area contributed by atoms with Gasteiger partial charge in [0.25, 0.3) is 5.91 Å². The Morgan fingerprint density at radius 3 is 2.47 bits per heavy atom. The first kappa shape index (κ1) is 25.6. The van der Waals surface area contributed by atoms with Gasteiger partial charge in [0.1, 0.15) is 5.75 Å². The van der Waals surface area contributed by atoms with Gasteiger partial charge in [-0.1, -0.05) is 0 Å². The van der Waals surface area contributed by atoms with Crippen molar-refractivity contribution in [1.29, 1.82) is 0 Å². The Kier molecular flexibility index (Phi) is 7.87. The van der Waals surface area contributed by atoms with Gasteiger partial charge in [0, 0.05) is 44.5 Å². The predicted octanol–water partition coefficient (Wildman–Crippen LogP) is 2.71. The van der Waals surface area contributed by atoms with Gasteiger partial charge in [0.05, 0.1) is 24.2 Å². The van der Waals surface area contributed by atoms with Crippen LogP contribution in [0.15, 0.2) is 36.5 Å². The molecule has 0 unspecified atom stereocenters. The third kappa shape index (κ3) is 6.73. The minimum absolute atomic E-state index is 0.0430. The zero-order valence-corrected chi connectivity index (χ0v) is 19.4. The number of carbonyl (C=O) groups is 1. The minimum atomic E-state index is -5.06. The molecule has 3 rings (SSSR count). The summed E-state index contributed by atoms with van der Waals surface area (Å²) in [6, 6.07) is 6.84. The van der Waals surface area contributed by atoms with E-state index in [2.05, 4.69) is 14.6 Å². The van der Waals surface area contributed by atoms with E-state index >= 15 is 0 Å². The summed E-state index contributed by atoms with van der Waals surface area (Å²) in [5, 5.41) is 0. The molecule has 1 aromatic heterocycles. The molecule has 1 fully saturated rings. The van der Waals surface area contributed by atoms with Crippen molar-refractivity contribution in [2.24, 2.45) is 0 Å². The summed E-state index contributed by atoms with van der Waals surface area (Å²) in [5.41, 5.74) is 0.326. The number of halogens is 3. The fourth-order valence-electron chi connectivity index (χ4n) is 3.42. The first-order chi connectivity index (χ1) is 16.0. The van der Waals surface area contributed by atoms with E-state index in [-0.39, 0.29) is 11.3 Å². The topological polar surface area (TPSA) is 101 Å². The Hall–Kier alpha value is -3.06. The Bertz CT molecular complexity index is 1120. The number of rotatable bonds is 8. The molecule has 186 valence electrons. The Balaban J connectivity index is 1.71. The van der Waals surface area contributed by atoms with Gasteiger partial charge >= 0.3 is 6.36 Å². The van der Waals surface area contributed by atoms with E-state index in [0.29, 0.717) is 38.5 Å². The number of benzene rings is 1. The zero-order chi connectivity index (χ0) is 24.9. The molecule has 0 saturated carbocycles. The second kappa shape index (κ2) is 10.5. The molecule has 0 aliphatic carbocycles. The first-order valence-electron chi connectivity index (χ1n) is 10.4. The molecule has 9 nitrogen and oxygen atoms in total. The van der Waals surface area contributed by atoms with E-state index in [9.17, 15) is 26.4 Å². The maximum atomic E-state index is 12.9. The highest BCUT2D eigenvalue weighted by atomic mass is 32.2. The molecule has 13 heteroatoms. The SMILES string of the molecule is CCS(=O)(=O)Nc1ccc(C(=O)N2CCN(Cc3ncccc3OC)CC2)cc1OC(F)(F)F. The number of methoxy groups -OCH3 is 1. The van der Waals surface area contributed by atoms with Gasteiger partial charge in [-0.25, -0.2) is 8.42 Å². The summed E-state index contributed by atoms with van der Waals surface area (Å²) in [6.45, 7) is 3.65. The molecular formula is C21H25F3N4O5S. The average molecular weight is 503 g/mol. The fourth-order valence-corrected chi connectivity index (χ4v) is 4.07. The lowest BCUT2D eigenvalue weighted by Gasteiger charge is -2.34. The Morgan fingerprint density at radius 2 is 1.85 bits per heavy atom. The zero-order valence-electron chi connectivity index (χ0n) is 18.6. The molecule has 1 aliphatic rings. The van der Waals surface area contributed by atoms with Gasteiger partial charge in [0.15, 0.2) is 5.75 Å². The van der Waals surface area contributed by atoms with Gasteiger partial charge in [-0.2, -0.15) is 0 Å². The highest BCUT2D eigenvalue weighted by Crippen LogP contribution is 2.32. The van der Waals surface area contributed by atoms with Crippen LogP contribution in [0.1, 0.15) is 23.0 Å². The number of pyridine rings is 1. The summed E-state index contributed by atoms with van der Waals surface area (Å²) in [4.78, 5) is 20.9. The van der Waals surface area contributed by atoms with Crippen LogP contribution in [0, 0.1) is 0 Å². The molecule has 1 N–H and O–H groups in total. The number of carbonyl (C=O) groups excluding carboxylic acids is 1. The lowest BCUT2D eigenvalue weighted by Crippen LogP contribution is -2.48. The van der Waals surface area contributed by atoms with Crippen LogP contribution in [0.5, 0.6) is 11.5 Å². The van der Waals surface area contributed by atoms with E-state index in [0.717, 1.165) is 17.8 Å². The van der Waals surface area contributed by atoms with Crippen molar-refractivity contribution in [3.05, 3.63) is 47.8 Å². The molecule has 1 saturated heterocycles. The van der Waals surface area contributed by atoms with Crippen molar-refractivity contribution in [3.8, 4) is 11.5 Å². The Labute approximate surface area is 195 Å². The van der Waals surface area contributed by atoms with Crippen molar-refractivity contribution in [2.45, 2.75) is 19.8 Å². The predicted molar refractivity (Wildman–Crippen MR) is 118 cm³/mol. The lowest BCUT2D eigenvalue weighted by atomic mass is 10.1. The molecule has 1 aromatic carbocycles. The molecule has 0 spiro atoms.